The van der Waals surface area contributed by atoms with E-state index in [0.29, 0.717) is 18.6 Å². The van der Waals surface area contributed by atoms with E-state index < -0.39 is 0 Å². The molecule has 1 heterocycles. The van der Waals surface area contributed by atoms with Gasteiger partial charge in [-0.3, -0.25) is 4.99 Å². The summed E-state index contributed by atoms with van der Waals surface area (Å²) in [7, 11) is 3.52. The van der Waals surface area contributed by atoms with Gasteiger partial charge in [0, 0.05) is 32.7 Å². The summed E-state index contributed by atoms with van der Waals surface area (Å²) in [5.41, 5.74) is 1.26. The van der Waals surface area contributed by atoms with Crippen LogP contribution in [-0.2, 0) is 6.42 Å². The second-order valence-corrected chi connectivity index (χ2v) is 8.00. The lowest BCUT2D eigenvalue weighted by atomic mass is 9.97. The Kier molecular flexibility index (Phi) is 10.1. The zero-order chi connectivity index (χ0) is 21.1. The molecule has 1 saturated heterocycles. The summed E-state index contributed by atoms with van der Waals surface area (Å²) >= 11 is 0. The van der Waals surface area contributed by atoms with Gasteiger partial charge in [0.05, 0.1) is 13.7 Å². The molecule has 0 amide bonds. The second kappa shape index (κ2) is 12.6. The lowest BCUT2D eigenvalue weighted by molar-refractivity contribution is 0.141. The van der Waals surface area contributed by atoms with Gasteiger partial charge in [-0.25, -0.2) is 0 Å². The zero-order valence-electron chi connectivity index (χ0n) is 19.0. The van der Waals surface area contributed by atoms with Gasteiger partial charge in [0.2, 0.25) is 0 Å². The maximum Gasteiger partial charge on any atom is 0.190 e. The summed E-state index contributed by atoms with van der Waals surface area (Å²) in [6.07, 6.45) is 4.61. The molecule has 0 aromatic heterocycles. The molecule has 29 heavy (non-hydrogen) atoms. The first-order valence-electron chi connectivity index (χ1n) is 11.1. The van der Waals surface area contributed by atoms with E-state index >= 15 is 0 Å². The molecule has 2 N–H and O–H groups in total. The van der Waals surface area contributed by atoms with E-state index in [1.165, 1.54) is 31.5 Å². The minimum atomic E-state index is 0.636. The number of benzene rings is 1. The largest absolute Gasteiger partial charge is 0.493 e. The average molecular weight is 405 g/mol. The van der Waals surface area contributed by atoms with Crippen molar-refractivity contribution in [2.24, 2.45) is 10.9 Å². The molecule has 1 aliphatic heterocycles. The fourth-order valence-corrected chi connectivity index (χ4v) is 3.84. The molecule has 0 spiro atoms. The molecular formula is C23H40N4O2. The first kappa shape index (κ1) is 23.3. The third kappa shape index (κ3) is 7.77. The topological polar surface area (TPSA) is 58.1 Å². The minimum Gasteiger partial charge on any atom is -0.493 e. The van der Waals surface area contributed by atoms with Gasteiger partial charge in [-0.05, 0) is 76.6 Å². The average Bonchev–Trinajstić information content (AvgIpc) is 2.74. The van der Waals surface area contributed by atoms with Crippen LogP contribution in [0.1, 0.15) is 45.6 Å². The van der Waals surface area contributed by atoms with E-state index in [4.69, 9.17) is 9.47 Å². The number of hydrogen-bond donors (Lipinski definition) is 2. The molecular weight excluding hydrogens is 364 g/mol. The van der Waals surface area contributed by atoms with Crippen LogP contribution in [0.2, 0.25) is 0 Å². The van der Waals surface area contributed by atoms with Crippen molar-refractivity contribution in [3.8, 4) is 11.5 Å². The number of ether oxygens (including phenoxy) is 2. The summed E-state index contributed by atoms with van der Waals surface area (Å²) in [6.45, 7) is 11.5. The van der Waals surface area contributed by atoms with Gasteiger partial charge in [-0.1, -0.05) is 6.07 Å². The van der Waals surface area contributed by atoms with Gasteiger partial charge in [0.25, 0.3) is 0 Å². The highest BCUT2D eigenvalue weighted by molar-refractivity contribution is 5.79. The fourth-order valence-electron chi connectivity index (χ4n) is 3.84. The zero-order valence-corrected chi connectivity index (χ0v) is 19.0. The Morgan fingerprint density at radius 3 is 2.79 bits per heavy atom. The summed E-state index contributed by atoms with van der Waals surface area (Å²) < 4.78 is 11.0. The van der Waals surface area contributed by atoms with Gasteiger partial charge in [0.1, 0.15) is 0 Å². The van der Waals surface area contributed by atoms with Crippen molar-refractivity contribution in [2.75, 3.05) is 46.9 Å². The van der Waals surface area contributed by atoms with Crippen molar-refractivity contribution in [3.05, 3.63) is 23.8 Å². The predicted octanol–water partition coefficient (Wildman–Crippen LogP) is 3.31. The van der Waals surface area contributed by atoms with Crippen LogP contribution in [0.25, 0.3) is 0 Å². The summed E-state index contributed by atoms with van der Waals surface area (Å²) in [4.78, 5) is 6.96. The molecule has 6 heteroatoms. The number of nitrogens with zero attached hydrogens (tertiary/aromatic N) is 2. The van der Waals surface area contributed by atoms with Crippen LogP contribution in [0.4, 0.5) is 0 Å². The van der Waals surface area contributed by atoms with Crippen LogP contribution in [0, 0.1) is 5.92 Å². The fraction of sp³-hybridized carbons (Fsp3) is 0.696. The number of nitrogens with one attached hydrogen (secondary N) is 2. The normalized spacial score (nSPS) is 18.0. The minimum absolute atomic E-state index is 0.636. The molecule has 0 radical (unpaired) electrons. The molecule has 6 nitrogen and oxygen atoms in total. The Balaban J connectivity index is 1.71. The van der Waals surface area contributed by atoms with Crippen LogP contribution >= 0.6 is 0 Å². The highest BCUT2D eigenvalue weighted by atomic mass is 16.5. The number of rotatable bonds is 10. The molecule has 2 rings (SSSR count). The second-order valence-electron chi connectivity index (χ2n) is 8.00. The Labute approximate surface area is 177 Å². The van der Waals surface area contributed by atoms with E-state index in [0.717, 1.165) is 43.4 Å². The van der Waals surface area contributed by atoms with Crippen LogP contribution in [0.3, 0.4) is 0 Å². The number of likely N-dealkylation sites (tertiary alicyclic amines) is 1. The standard InChI is InChI=1S/C23H40N4O2/c1-6-29-22-15-19(11-12-21(22)28-5)9-7-13-25-23(24-4)26-16-20-10-8-14-27(17-20)18(2)3/h11-12,15,18,20H,6-10,13-14,16-17H2,1-5H3,(H2,24,25,26). The van der Waals surface area contributed by atoms with Crippen LogP contribution in [0.15, 0.2) is 23.2 Å². The number of hydrogen-bond acceptors (Lipinski definition) is 4. The molecule has 0 bridgehead atoms. The quantitative estimate of drug-likeness (QED) is 0.356. The van der Waals surface area contributed by atoms with Gasteiger partial charge in [-0.15, -0.1) is 0 Å². The first-order valence-corrected chi connectivity index (χ1v) is 11.1. The third-order valence-electron chi connectivity index (χ3n) is 5.53. The molecule has 0 aliphatic carbocycles. The SMILES string of the molecule is CCOc1cc(CCCNC(=NC)NCC2CCCN(C(C)C)C2)ccc1OC. The van der Waals surface area contributed by atoms with E-state index in [1.807, 2.05) is 20.0 Å². The Bertz CT molecular complexity index is 633. The van der Waals surface area contributed by atoms with E-state index in [9.17, 15) is 0 Å². The van der Waals surface area contributed by atoms with Crippen LogP contribution < -0.4 is 20.1 Å². The van der Waals surface area contributed by atoms with Crippen molar-refractivity contribution >= 4 is 5.96 Å². The van der Waals surface area contributed by atoms with Gasteiger partial charge in [0.15, 0.2) is 17.5 Å². The van der Waals surface area contributed by atoms with E-state index in [2.05, 4.69) is 46.5 Å². The van der Waals surface area contributed by atoms with Crippen molar-refractivity contribution in [1.29, 1.82) is 0 Å². The Morgan fingerprint density at radius 2 is 2.10 bits per heavy atom. The predicted molar refractivity (Wildman–Crippen MR) is 121 cm³/mol. The van der Waals surface area contributed by atoms with Gasteiger partial charge >= 0.3 is 0 Å². The lowest BCUT2D eigenvalue weighted by Crippen LogP contribution is -2.46. The summed E-state index contributed by atoms with van der Waals surface area (Å²) in [5, 5.41) is 6.96. The lowest BCUT2D eigenvalue weighted by Gasteiger charge is -2.35. The maximum absolute atomic E-state index is 5.67. The van der Waals surface area contributed by atoms with Crippen molar-refractivity contribution in [3.63, 3.8) is 0 Å². The smallest absolute Gasteiger partial charge is 0.190 e. The van der Waals surface area contributed by atoms with Gasteiger partial charge < -0.3 is 25.0 Å². The van der Waals surface area contributed by atoms with E-state index in [-0.39, 0.29) is 0 Å². The number of guanidine groups is 1. The number of aryl methyl sites for hydroxylation is 1. The summed E-state index contributed by atoms with van der Waals surface area (Å²) in [5.74, 6) is 3.20. The van der Waals surface area contributed by atoms with Crippen LogP contribution in [-0.4, -0.2) is 63.8 Å². The Hall–Kier alpha value is -1.95. The summed E-state index contributed by atoms with van der Waals surface area (Å²) in [6, 6.07) is 6.81. The van der Waals surface area contributed by atoms with Crippen molar-refractivity contribution in [1.82, 2.24) is 15.5 Å². The Morgan fingerprint density at radius 1 is 1.28 bits per heavy atom. The van der Waals surface area contributed by atoms with E-state index in [1.54, 1.807) is 7.11 Å². The molecule has 1 aromatic carbocycles. The number of piperidine rings is 1. The monoisotopic (exact) mass is 404 g/mol. The molecule has 1 aromatic rings. The highest BCUT2D eigenvalue weighted by Crippen LogP contribution is 2.28. The molecule has 0 saturated carbocycles. The number of methoxy groups -OCH3 is 1. The third-order valence-corrected chi connectivity index (χ3v) is 5.53. The van der Waals surface area contributed by atoms with Gasteiger partial charge in [-0.2, -0.15) is 0 Å². The maximum atomic E-state index is 5.67. The van der Waals surface area contributed by atoms with Crippen molar-refractivity contribution < 1.29 is 9.47 Å². The highest BCUT2D eigenvalue weighted by Gasteiger charge is 2.21. The molecule has 1 atom stereocenters. The molecule has 164 valence electrons. The number of aliphatic imine (C=N–C) groups is 1. The van der Waals surface area contributed by atoms with Crippen molar-refractivity contribution in [2.45, 2.75) is 52.5 Å². The van der Waals surface area contributed by atoms with Crippen LogP contribution in [0.5, 0.6) is 11.5 Å². The first-order chi connectivity index (χ1) is 14.1. The molecule has 1 fully saturated rings. The molecule has 1 aliphatic rings. The molecule has 1 unspecified atom stereocenters.